The third kappa shape index (κ3) is 4.42. The van der Waals surface area contributed by atoms with Crippen LogP contribution in [0.15, 0.2) is 54.6 Å². The van der Waals surface area contributed by atoms with E-state index < -0.39 is 10.2 Å². The Balaban J connectivity index is 2.14. The molecule has 0 saturated heterocycles. The molecule has 0 heterocycles. The number of rotatable bonds is 7. The summed E-state index contributed by atoms with van der Waals surface area (Å²) in [5.41, 5.74) is 2.03. The van der Waals surface area contributed by atoms with E-state index in [9.17, 15) is 13.2 Å². The van der Waals surface area contributed by atoms with E-state index in [0.717, 1.165) is 16.3 Å². The summed E-state index contributed by atoms with van der Waals surface area (Å²) in [4.78, 5) is 12.5. The van der Waals surface area contributed by atoms with Gasteiger partial charge in [-0.1, -0.05) is 37.3 Å². The number of amides is 1. The second kappa shape index (κ2) is 8.33. The van der Waals surface area contributed by atoms with Crippen LogP contribution < -0.4 is 9.62 Å². The highest BCUT2D eigenvalue weighted by molar-refractivity contribution is 7.90. The molecule has 0 aliphatic rings. The molecule has 0 aliphatic carbocycles. The fraction of sp³-hybridized carbons (Fsp3) is 0.316. The number of nitrogens with zero attached hydrogens (tertiary/aromatic N) is 2. The Morgan fingerprint density at radius 1 is 1.00 bits per heavy atom. The number of hydrogen-bond donors (Lipinski definition) is 1. The molecule has 6 nitrogen and oxygen atoms in total. The van der Waals surface area contributed by atoms with E-state index in [0.29, 0.717) is 11.3 Å². The maximum absolute atomic E-state index is 12.5. The Kier molecular flexibility index (Phi) is 6.39. The molecule has 1 N–H and O–H groups in total. The van der Waals surface area contributed by atoms with Gasteiger partial charge in [-0.2, -0.15) is 12.7 Å². The Morgan fingerprint density at radius 2 is 1.58 bits per heavy atom. The Hall–Kier alpha value is -2.38. The first-order valence-corrected chi connectivity index (χ1v) is 9.79. The van der Waals surface area contributed by atoms with Crippen molar-refractivity contribution in [2.75, 3.05) is 25.4 Å². The highest BCUT2D eigenvalue weighted by atomic mass is 32.2. The van der Waals surface area contributed by atoms with Crippen LogP contribution in [0.5, 0.6) is 0 Å². The first kappa shape index (κ1) is 19.9. The highest BCUT2D eigenvalue weighted by Gasteiger charge is 2.21. The van der Waals surface area contributed by atoms with E-state index >= 15 is 0 Å². The molecular formula is C19H25N3O3S. The Morgan fingerprint density at radius 3 is 2.08 bits per heavy atom. The summed E-state index contributed by atoms with van der Waals surface area (Å²) in [6.07, 6.45) is 0.775. The first-order chi connectivity index (χ1) is 12.3. The molecule has 0 aliphatic heterocycles. The monoisotopic (exact) mass is 375 g/mol. The van der Waals surface area contributed by atoms with Crippen molar-refractivity contribution in [1.29, 1.82) is 0 Å². The van der Waals surface area contributed by atoms with Gasteiger partial charge in [0.1, 0.15) is 0 Å². The standard InChI is InChI=1S/C19H25N3O3S/c1-5-18(15-9-7-6-8-10-15)20-19(23)16-11-13-17(14-12-16)22(4)26(24,25)21(2)3/h6-14,18H,5H2,1-4H3,(H,20,23)/t18-/m0/s1. The van der Waals surface area contributed by atoms with Gasteiger partial charge in [0.15, 0.2) is 0 Å². The van der Waals surface area contributed by atoms with Crippen molar-refractivity contribution in [3.63, 3.8) is 0 Å². The van der Waals surface area contributed by atoms with Crippen LogP contribution in [0, 0.1) is 0 Å². The molecule has 7 heteroatoms. The van der Waals surface area contributed by atoms with Gasteiger partial charge in [-0.15, -0.1) is 0 Å². The van der Waals surface area contributed by atoms with Crippen molar-refractivity contribution in [2.45, 2.75) is 19.4 Å². The third-order valence-corrected chi connectivity index (χ3v) is 6.04. The van der Waals surface area contributed by atoms with Crippen LogP contribution in [-0.2, 0) is 10.2 Å². The normalized spacial score (nSPS) is 12.7. The van der Waals surface area contributed by atoms with Gasteiger partial charge < -0.3 is 5.32 Å². The van der Waals surface area contributed by atoms with Crippen molar-refractivity contribution in [3.05, 3.63) is 65.7 Å². The Bertz CT molecular complexity index is 834. The lowest BCUT2D eigenvalue weighted by Crippen LogP contribution is -2.37. The van der Waals surface area contributed by atoms with Crippen LogP contribution in [0.3, 0.4) is 0 Å². The minimum atomic E-state index is -3.56. The SMILES string of the molecule is CC[C@H](NC(=O)c1ccc(N(C)S(=O)(=O)N(C)C)cc1)c1ccccc1. The second-order valence-electron chi connectivity index (χ2n) is 6.15. The molecule has 140 valence electrons. The largest absolute Gasteiger partial charge is 0.345 e. The third-order valence-electron chi connectivity index (χ3n) is 4.22. The molecular weight excluding hydrogens is 350 g/mol. The molecule has 1 amide bonds. The summed E-state index contributed by atoms with van der Waals surface area (Å²) in [6, 6.07) is 16.2. The quantitative estimate of drug-likeness (QED) is 0.809. The molecule has 0 saturated carbocycles. The molecule has 2 aromatic rings. The van der Waals surface area contributed by atoms with Crippen molar-refractivity contribution < 1.29 is 13.2 Å². The zero-order chi connectivity index (χ0) is 19.3. The van der Waals surface area contributed by atoms with Gasteiger partial charge in [0.25, 0.3) is 5.91 Å². The zero-order valence-corrected chi connectivity index (χ0v) is 16.3. The number of benzene rings is 2. The predicted octanol–water partition coefficient (Wildman–Crippen LogP) is 2.81. The summed E-state index contributed by atoms with van der Waals surface area (Å²) in [5, 5.41) is 3.02. The van der Waals surface area contributed by atoms with Crippen LogP contribution in [0.2, 0.25) is 0 Å². The van der Waals surface area contributed by atoms with Crippen LogP contribution in [-0.4, -0.2) is 39.8 Å². The number of carbonyl (C=O) groups is 1. The minimum Gasteiger partial charge on any atom is -0.345 e. The van der Waals surface area contributed by atoms with E-state index in [4.69, 9.17) is 0 Å². The predicted molar refractivity (Wildman–Crippen MR) is 104 cm³/mol. The van der Waals surface area contributed by atoms with Gasteiger partial charge >= 0.3 is 10.2 Å². The molecule has 0 radical (unpaired) electrons. The fourth-order valence-electron chi connectivity index (χ4n) is 2.55. The fourth-order valence-corrected chi connectivity index (χ4v) is 3.43. The molecule has 2 rings (SSSR count). The molecule has 0 aromatic heterocycles. The number of carbonyl (C=O) groups excluding carboxylic acids is 1. The summed E-state index contributed by atoms with van der Waals surface area (Å²) in [6.45, 7) is 2.02. The highest BCUT2D eigenvalue weighted by Crippen LogP contribution is 2.20. The van der Waals surface area contributed by atoms with Crippen molar-refractivity contribution >= 4 is 21.8 Å². The Labute approximate surface area is 155 Å². The van der Waals surface area contributed by atoms with E-state index in [-0.39, 0.29) is 11.9 Å². The molecule has 2 aromatic carbocycles. The molecule has 26 heavy (non-hydrogen) atoms. The lowest BCUT2D eigenvalue weighted by atomic mass is 10.0. The summed E-state index contributed by atoms with van der Waals surface area (Å²) < 4.78 is 26.6. The van der Waals surface area contributed by atoms with E-state index in [1.807, 2.05) is 37.3 Å². The van der Waals surface area contributed by atoms with Gasteiger partial charge in [-0.25, -0.2) is 0 Å². The average molecular weight is 375 g/mol. The maximum Gasteiger partial charge on any atom is 0.303 e. The van der Waals surface area contributed by atoms with Crippen LogP contribution in [0.1, 0.15) is 35.3 Å². The topological polar surface area (TPSA) is 69.7 Å². The van der Waals surface area contributed by atoms with E-state index in [2.05, 4.69) is 5.32 Å². The number of nitrogens with one attached hydrogen (secondary N) is 1. The smallest absolute Gasteiger partial charge is 0.303 e. The first-order valence-electron chi connectivity index (χ1n) is 8.39. The second-order valence-corrected chi connectivity index (χ2v) is 8.32. The van der Waals surface area contributed by atoms with Gasteiger partial charge in [-0.05, 0) is 36.2 Å². The van der Waals surface area contributed by atoms with Gasteiger partial charge in [0, 0.05) is 26.7 Å². The maximum atomic E-state index is 12.5. The lowest BCUT2D eigenvalue weighted by Gasteiger charge is -2.23. The summed E-state index contributed by atoms with van der Waals surface area (Å²) in [5.74, 6) is -0.189. The van der Waals surface area contributed by atoms with Crippen molar-refractivity contribution in [1.82, 2.24) is 9.62 Å². The van der Waals surface area contributed by atoms with Crippen molar-refractivity contribution in [2.24, 2.45) is 0 Å². The molecule has 0 unspecified atom stereocenters. The zero-order valence-electron chi connectivity index (χ0n) is 15.5. The number of anilines is 1. The summed E-state index contributed by atoms with van der Waals surface area (Å²) >= 11 is 0. The molecule has 1 atom stereocenters. The van der Waals surface area contributed by atoms with Crippen LogP contribution in [0.4, 0.5) is 5.69 Å². The van der Waals surface area contributed by atoms with Crippen LogP contribution in [0.25, 0.3) is 0 Å². The minimum absolute atomic E-state index is 0.0693. The molecule has 0 bridgehead atoms. The lowest BCUT2D eigenvalue weighted by molar-refractivity contribution is 0.0935. The van der Waals surface area contributed by atoms with E-state index in [1.165, 1.54) is 25.4 Å². The van der Waals surface area contributed by atoms with Gasteiger partial charge in [-0.3, -0.25) is 9.10 Å². The average Bonchev–Trinajstić information content (AvgIpc) is 2.65. The van der Waals surface area contributed by atoms with Crippen molar-refractivity contribution in [3.8, 4) is 0 Å². The number of hydrogen-bond acceptors (Lipinski definition) is 3. The molecule has 0 spiro atoms. The van der Waals surface area contributed by atoms with Crippen LogP contribution >= 0.6 is 0 Å². The summed E-state index contributed by atoms with van der Waals surface area (Å²) in [7, 11) is 0.872. The van der Waals surface area contributed by atoms with Gasteiger partial charge in [0.05, 0.1) is 11.7 Å². The van der Waals surface area contributed by atoms with Gasteiger partial charge in [0.2, 0.25) is 0 Å². The van der Waals surface area contributed by atoms with E-state index in [1.54, 1.807) is 24.3 Å². The molecule has 0 fully saturated rings.